The molecule has 2 N–H and O–H groups in total. The first-order valence-electron chi connectivity index (χ1n) is 15.1. The summed E-state index contributed by atoms with van der Waals surface area (Å²) in [6.45, 7) is 7.33. The van der Waals surface area contributed by atoms with Gasteiger partial charge in [0.25, 0.3) is 17.7 Å². The monoisotopic (exact) mass is 661 g/mol. The van der Waals surface area contributed by atoms with E-state index in [4.69, 9.17) is 10.4 Å². The van der Waals surface area contributed by atoms with E-state index in [-0.39, 0.29) is 23.7 Å². The molecule has 2 unspecified atom stereocenters. The van der Waals surface area contributed by atoms with Gasteiger partial charge in [0, 0.05) is 56.3 Å². The number of nitriles is 1. The van der Waals surface area contributed by atoms with Crippen molar-refractivity contribution in [3.63, 3.8) is 0 Å². The number of amides is 3. The molecule has 2 aliphatic heterocycles. The van der Waals surface area contributed by atoms with E-state index in [9.17, 15) is 31.9 Å². The van der Waals surface area contributed by atoms with Crippen molar-refractivity contribution < 1.29 is 31.9 Å². The molecule has 4 aromatic rings. The zero-order chi connectivity index (χ0) is 34.6. The van der Waals surface area contributed by atoms with Crippen LogP contribution in [0.25, 0.3) is 5.69 Å². The van der Waals surface area contributed by atoms with E-state index in [2.05, 4.69) is 17.2 Å². The van der Waals surface area contributed by atoms with Gasteiger partial charge in [0.05, 0.1) is 11.3 Å². The van der Waals surface area contributed by atoms with Crippen LogP contribution in [0.2, 0.25) is 0 Å². The van der Waals surface area contributed by atoms with Crippen molar-refractivity contribution in [1.82, 2.24) is 25.3 Å². The third-order valence-corrected chi connectivity index (χ3v) is 8.22. The number of alkyl halides is 3. The van der Waals surface area contributed by atoms with Gasteiger partial charge in [-0.25, -0.2) is 14.3 Å². The van der Waals surface area contributed by atoms with Crippen molar-refractivity contribution >= 4 is 23.5 Å². The normalized spacial score (nSPS) is 17.6. The van der Waals surface area contributed by atoms with Crippen LogP contribution in [0.1, 0.15) is 50.4 Å². The van der Waals surface area contributed by atoms with Crippen LogP contribution >= 0.6 is 0 Å². The Morgan fingerprint density at radius 1 is 1.00 bits per heavy atom. The molecule has 14 heteroatoms. The third-order valence-electron chi connectivity index (χ3n) is 8.22. The van der Waals surface area contributed by atoms with E-state index < -0.39 is 41.3 Å². The summed E-state index contributed by atoms with van der Waals surface area (Å²) in [5, 5.41) is 17.1. The number of halogens is 4. The summed E-state index contributed by atoms with van der Waals surface area (Å²) in [5.41, 5.74) is 0.0630. The number of piperazine rings is 1. The molecule has 1 aromatic heterocycles. The van der Waals surface area contributed by atoms with Crippen molar-refractivity contribution in [2.75, 3.05) is 37.6 Å². The molecule has 0 spiro atoms. The van der Waals surface area contributed by atoms with Crippen LogP contribution in [0.3, 0.4) is 0 Å². The standard InChI is InChI=1S/C33H30F4N6O3.CHN/c1-2-42-30-26(28(31(45)41-17-15-38-16-18-41)40-43(30)24-9-4-3-5-10-24)25(20-11-13-23(34)14-12-20)27(32(42)46)39-29(44)21-7-6-8-22(19-21)33(35,36)37;1-2/h3-14,19,25,27,38H,2,15-18H2,1H3,(H,39,44);1H. The molecule has 3 heterocycles. The Morgan fingerprint density at radius 3 is 2.29 bits per heavy atom. The lowest BCUT2D eigenvalue weighted by Gasteiger charge is -2.38. The molecular formula is C34H31F4N7O3. The van der Waals surface area contributed by atoms with Crippen molar-refractivity contribution in [2.45, 2.75) is 25.1 Å². The summed E-state index contributed by atoms with van der Waals surface area (Å²) in [6.07, 6.45) is -4.69. The van der Waals surface area contributed by atoms with Crippen LogP contribution in [-0.2, 0) is 11.0 Å². The summed E-state index contributed by atoms with van der Waals surface area (Å²) in [5.74, 6) is -3.13. The highest BCUT2D eigenvalue weighted by Gasteiger charge is 2.47. The Bertz CT molecular complexity index is 1820. The van der Waals surface area contributed by atoms with Crippen LogP contribution in [0.5, 0.6) is 0 Å². The maximum absolute atomic E-state index is 14.3. The second-order valence-electron chi connectivity index (χ2n) is 11.0. The Hall–Kier alpha value is -5.55. The highest BCUT2D eigenvalue weighted by molar-refractivity contribution is 6.07. The molecule has 6 rings (SSSR count). The smallest absolute Gasteiger partial charge is 0.339 e. The molecule has 3 amide bonds. The number of hydrogen-bond acceptors (Lipinski definition) is 6. The number of rotatable bonds is 6. The minimum absolute atomic E-state index is 0.0549. The minimum atomic E-state index is -4.69. The summed E-state index contributed by atoms with van der Waals surface area (Å²) in [7, 11) is 0. The second kappa shape index (κ2) is 14.1. The Labute approximate surface area is 273 Å². The Morgan fingerprint density at radius 2 is 1.67 bits per heavy atom. The highest BCUT2D eigenvalue weighted by atomic mass is 19.4. The van der Waals surface area contributed by atoms with E-state index in [1.807, 2.05) is 6.07 Å². The molecule has 2 atom stereocenters. The van der Waals surface area contributed by atoms with E-state index in [0.717, 1.165) is 12.1 Å². The molecular weight excluding hydrogens is 630 g/mol. The topological polar surface area (TPSA) is 123 Å². The first-order chi connectivity index (χ1) is 23.1. The quantitative estimate of drug-likeness (QED) is 0.293. The molecule has 3 aromatic carbocycles. The number of nitrogens with zero attached hydrogens (tertiary/aromatic N) is 5. The fraction of sp³-hybridized carbons (Fsp3) is 0.265. The second-order valence-corrected chi connectivity index (χ2v) is 11.0. The predicted octanol–water partition coefficient (Wildman–Crippen LogP) is 4.51. The van der Waals surface area contributed by atoms with Gasteiger partial charge in [0.1, 0.15) is 17.7 Å². The zero-order valence-corrected chi connectivity index (χ0v) is 25.7. The van der Waals surface area contributed by atoms with E-state index in [0.29, 0.717) is 54.9 Å². The van der Waals surface area contributed by atoms with Gasteiger partial charge >= 0.3 is 6.18 Å². The number of hydrogen-bond donors (Lipinski definition) is 2. The lowest BCUT2D eigenvalue weighted by molar-refractivity contribution is -0.137. The molecule has 0 saturated carbocycles. The van der Waals surface area contributed by atoms with Gasteiger partial charge in [-0.05, 0) is 55.0 Å². The van der Waals surface area contributed by atoms with E-state index in [1.165, 1.54) is 39.9 Å². The molecule has 1 fully saturated rings. The van der Waals surface area contributed by atoms with Gasteiger partial charge in [-0.2, -0.15) is 18.3 Å². The third kappa shape index (κ3) is 6.50. The highest BCUT2D eigenvalue weighted by Crippen LogP contribution is 2.44. The molecule has 0 bridgehead atoms. The SMILES string of the molecule is C#N.CCN1C(=O)C(NC(=O)c2cccc(C(F)(F)F)c2)C(c2ccc(F)cc2)c2c(C(=O)N3CCNCC3)nn(-c3ccccc3)c21. The van der Waals surface area contributed by atoms with E-state index in [1.54, 1.807) is 36.1 Å². The summed E-state index contributed by atoms with van der Waals surface area (Å²) in [6, 6.07) is 16.8. The van der Waals surface area contributed by atoms with Crippen molar-refractivity contribution in [3.05, 3.63) is 113 Å². The van der Waals surface area contributed by atoms with Crippen LogP contribution in [-0.4, -0.2) is 71.2 Å². The van der Waals surface area contributed by atoms with Crippen LogP contribution in [0.15, 0.2) is 78.9 Å². The number of nitrogens with one attached hydrogen (secondary N) is 2. The van der Waals surface area contributed by atoms with Gasteiger partial charge in [-0.3, -0.25) is 19.3 Å². The molecule has 0 radical (unpaired) electrons. The maximum atomic E-state index is 14.3. The average molecular weight is 662 g/mol. The lowest BCUT2D eigenvalue weighted by Crippen LogP contribution is -2.55. The van der Waals surface area contributed by atoms with Crippen molar-refractivity contribution in [3.8, 4) is 12.3 Å². The molecule has 0 aliphatic carbocycles. The van der Waals surface area contributed by atoms with Gasteiger partial charge in [0.2, 0.25) is 0 Å². The summed E-state index contributed by atoms with van der Waals surface area (Å²) in [4.78, 5) is 45.1. The number of anilines is 1. The van der Waals surface area contributed by atoms with Crippen LogP contribution in [0, 0.1) is 17.7 Å². The number of para-hydroxylation sites is 1. The summed E-state index contributed by atoms with van der Waals surface area (Å²) < 4.78 is 56.1. The van der Waals surface area contributed by atoms with Crippen LogP contribution in [0.4, 0.5) is 23.4 Å². The number of carbonyl (C=O) groups is 3. The maximum Gasteiger partial charge on any atom is 0.416 e. The number of aromatic nitrogens is 2. The molecule has 1 saturated heterocycles. The molecule has 2 aliphatic rings. The Kier molecular flexibility index (Phi) is 9.90. The van der Waals surface area contributed by atoms with Gasteiger partial charge in [-0.15, -0.1) is 0 Å². The van der Waals surface area contributed by atoms with Gasteiger partial charge in [-0.1, -0.05) is 36.4 Å². The number of benzene rings is 3. The van der Waals surface area contributed by atoms with Gasteiger partial charge in [0.15, 0.2) is 5.69 Å². The first kappa shape index (κ1) is 33.8. The average Bonchev–Trinajstić information content (AvgIpc) is 3.50. The largest absolute Gasteiger partial charge is 0.416 e. The van der Waals surface area contributed by atoms with Gasteiger partial charge < -0.3 is 15.5 Å². The van der Waals surface area contributed by atoms with Crippen molar-refractivity contribution in [1.29, 1.82) is 5.26 Å². The molecule has 48 heavy (non-hydrogen) atoms. The predicted molar refractivity (Wildman–Crippen MR) is 168 cm³/mol. The zero-order valence-electron chi connectivity index (χ0n) is 25.7. The van der Waals surface area contributed by atoms with Crippen LogP contribution < -0.4 is 15.5 Å². The minimum Gasteiger partial charge on any atom is -0.339 e. The fourth-order valence-corrected chi connectivity index (χ4v) is 6.01. The van der Waals surface area contributed by atoms with Crippen molar-refractivity contribution in [2.24, 2.45) is 0 Å². The fourth-order valence-electron chi connectivity index (χ4n) is 6.01. The number of carbonyl (C=O) groups excluding carboxylic acids is 3. The lowest BCUT2D eigenvalue weighted by atomic mass is 9.80. The number of fused-ring (bicyclic) bond motifs is 1. The summed E-state index contributed by atoms with van der Waals surface area (Å²) >= 11 is 0. The molecule has 248 valence electrons. The van der Waals surface area contributed by atoms with E-state index >= 15 is 0 Å². The molecule has 10 nitrogen and oxygen atoms in total. The first-order valence-corrected chi connectivity index (χ1v) is 15.1. The number of likely N-dealkylation sites (N-methyl/N-ethyl adjacent to an activating group) is 1. The Balaban J connectivity index is 0.00000221.